The molecule has 2 unspecified atom stereocenters. The van der Waals surface area contributed by atoms with Crippen LogP contribution >= 0.6 is 11.6 Å². The predicted molar refractivity (Wildman–Crippen MR) is 132 cm³/mol. The van der Waals surface area contributed by atoms with Crippen molar-refractivity contribution in [1.82, 2.24) is 10.2 Å². The van der Waals surface area contributed by atoms with E-state index in [2.05, 4.69) is 20.1 Å². The number of carbonyl (C=O) groups is 2. The Morgan fingerprint density at radius 2 is 1.76 bits per heavy atom. The van der Waals surface area contributed by atoms with Gasteiger partial charge >= 0.3 is 12.0 Å². The molecule has 2 aliphatic rings. The van der Waals surface area contributed by atoms with Crippen molar-refractivity contribution < 1.29 is 19.1 Å². The van der Waals surface area contributed by atoms with Gasteiger partial charge in [-0.25, -0.2) is 9.79 Å². The maximum atomic E-state index is 13.0. The third kappa shape index (κ3) is 5.51. The molecule has 0 radical (unpaired) electrons. The Morgan fingerprint density at radius 1 is 1.09 bits per heavy atom. The quantitative estimate of drug-likeness (QED) is 0.605. The van der Waals surface area contributed by atoms with Crippen LogP contribution in [0.25, 0.3) is 0 Å². The molecular weight excluding hydrogens is 456 g/mol. The van der Waals surface area contributed by atoms with Gasteiger partial charge in [-0.05, 0) is 48.9 Å². The molecule has 1 N–H and O–H groups in total. The molecular formula is C25H29ClN4O4. The Balaban J connectivity index is 1.50. The fourth-order valence-corrected chi connectivity index (χ4v) is 4.54. The van der Waals surface area contributed by atoms with Gasteiger partial charge in [0.25, 0.3) is 0 Å². The summed E-state index contributed by atoms with van der Waals surface area (Å²) in [6, 6.07) is 14.1. The van der Waals surface area contributed by atoms with E-state index in [0.717, 1.165) is 37.4 Å². The minimum absolute atomic E-state index is 0.256. The van der Waals surface area contributed by atoms with Gasteiger partial charge in [0, 0.05) is 43.4 Å². The zero-order chi connectivity index (χ0) is 24.1. The average Bonchev–Trinajstić information content (AvgIpc) is 2.85. The van der Waals surface area contributed by atoms with Gasteiger partial charge in [0.15, 0.2) is 0 Å². The smallest absolute Gasteiger partial charge is 0.341 e. The summed E-state index contributed by atoms with van der Waals surface area (Å²) < 4.78 is 10.6. The van der Waals surface area contributed by atoms with Crippen molar-refractivity contribution in [3.8, 4) is 5.75 Å². The standard InChI is InChI=1S/C25H29ClN4O4/c1-3-34-24(31)22-21(27-25(32)28-23(22)17-4-10-20(33-2)11-5-17)16-29-12-14-30(15-13-29)19-8-6-18(26)7-9-19/h4-11,22-23H,3,12-16H2,1-2H3,(H,28,32). The lowest BCUT2D eigenvalue weighted by atomic mass is 9.87. The number of carbonyl (C=O) groups excluding carboxylic acids is 2. The van der Waals surface area contributed by atoms with Crippen LogP contribution in [0.5, 0.6) is 5.75 Å². The molecule has 1 fully saturated rings. The minimum Gasteiger partial charge on any atom is -0.497 e. The zero-order valence-corrected chi connectivity index (χ0v) is 20.1. The molecule has 0 aromatic heterocycles. The number of halogens is 1. The van der Waals surface area contributed by atoms with Crippen LogP contribution in [0.3, 0.4) is 0 Å². The Labute approximate surface area is 204 Å². The number of nitrogens with one attached hydrogen (secondary N) is 1. The van der Waals surface area contributed by atoms with Crippen LogP contribution in [-0.2, 0) is 9.53 Å². The van der Waals surface area contributed by atoms with Gasteiger partial charge in [0.1, 0.15) is 11.7 Å². The number of piperazine rings is 1. The highest BCUT2D eigenvalue weighted by atomic mass is 35.5. The Kier molecular flexibility index (Phi) is 7.70. The molecule has 8 nitrogen and oxygen atoms in total. The summed E-state index contributed by atoms with van der Waals surface area (Å²) in [5, 5.41) is 3.57. The largest absolute Gasteiger partial charge is 0.497 e. The number of anilines is 1. The molecule has 0 saturated carbocycles. The summed E-state index contributed by atoms with van der Waals surface area (Å²) in [5.74, 6) is -0.381. The first-order valence-electron chi connectivity index (χ1n) is 11.4. The van der Waals surface area contributed by atoms with Crippen LogP contribution in [0.1, 0.15) is 18.5 Å². The molecule has 2 amide bonds. The van der Waals surface area contributed by atoms with E-state index in [1.807, 2.05) is 48.5 Å². The van der Waals surface area contributed by atoms with Crippen LogP contribution in [0.15, 0.2) is 53.5 Å². The summed E-state index contributed by atoms with van der Waals surface area (Å²) in [5.41, 5.74) is 2.46. The van der Waals surface area contributed by atoms with E-state index in [1.54, 1.807) is 14.0 Å². The molecule has 2 heterocycles. The number of ether oxygens (including phenoxy) is 2. The first-order chi connectivity index (χ1) is 16.5. The number of methoxy groups -OCH3 is 1. The van der Waals surface area contributed by atoms with E-state index in [0.29, 0.717) is 23.0 Å². The van der Waals surface area contributed by atoms with E-state index in [4.69, 9.17) is 21.1 Å². The molecule has 9 heteroatoms. The average molecular weight is 485 g/mol. The predicted octanol–water partition coefficient (Wildman–Crippen LogP) is 3.56. The molecule has 4 rings (SSSR count). The lowest BCUT2D eigenvalue weighted by Gasteiger charge is -2.38. The highest BCUT2D eigenvalue weighted by Crippen LogP contribution is 2.30. The first kappa shape index (κ1) is 24.0. The summed E-state index contributed by atoms with van der Waals surface area (Å²) >= 11 is 6.01. The van der Waals surface area contributed by atoms with Gasteiger partial charge in [0.05, 0.1) is 25.5 Å². The molecule has 0 aliphatic carbocycles. The molecule has 2 aromatic carbocycles. The SMILES string of the molecule is CCOC(=O)C1C(CN2CCN(c3ccc(Cl)cc3)CC2)=NC(=O)NC1c1ccc(OC)cc1. The highest BCUT2D eigenvalue weighted by Gasteiger charge is 2.40. The second-order valence-electron chi connectivity index (χ2n) is 8.27. The van der Waals surface area contributed by atoms with Crippen molar-refractivity contribution in [2.75, 3.05) is 51.3 Å². The van der Waals surface area contributed by atoms with E-state index in [-0.39, 0.29) is 12.6 Å². The molecule has 180 valence electrons. The van der Waals surface area contributed by atoms with Crippen molar-refractivity contribution >= 4 is 35.0 Å². The maximum absolute atomic E-state index is 13.0. The van der Waals surface area contributed by atoms with Crippen LogP contribution < -0.4 is 15.0 Å². The zero-order valence-electron chi connectivity index (χ0n) is 19.4. The van der Waals surface area contributed by atoms with Crippen LogP contribution in [-0.4, -0.2) is 69.1 Å². The number of hydrogen-bond donors (Lipinski definition) is 1. The van der Waals surface area contributed by atoms with Gasteiger partial charge in [-0.1, -0.05) is 23.7 Å². The topological polar surface area (TPSA) is 83.5 Å². The number of benzene rings is 2. The Morgan fingerprint density at radius 3 is 2.38 bits per heavy atom. The molecule has 2 aromatic rings. The second-order valence-corrected chi connectivity index (χ2v) is 8.71. The maximum Gasteiger partial charge on any atom is 0.341 e. The summed E-state index contributed by atoms with van der Waals surface area (Å²) in [6.45, 7) is 5.68. The Bertz CT molecular complexity index is 1030. The third-order valence-electron chi connectivity index (χ3n) is 6.18. The number of esters is 1. The van der Waals surface area contributed by atoms with Gasteiger partial charge in [-0.15, -0.1) is 0 Å². The summed E-state index contributed by atoms with van der Waals surface area (Å²) in [6.07, 6.45) is 0. The molecule has 1 saturated heterocycles. The number of aliphatic imine (C=N–C) groups is 1. The summed E-state index contributed by atoms with van der Waals surface area (Å²) in [4.78, 5) is 34.3. The van der Waals surface area contributed by atoms with Crippen molar-refractivity contribution in [1.29, 1.82) is 0 Å². The van der Waals surface area contributed by atoms with Crippen LogP contribution in [0.4, 0.5) is 10.5 Å². The normalized spacial score (nSPS) is 21.0. The fraction of sp³-hybridized carbons (Fsp3) is 0.400. The Hall–Kier alpha value is -3.10. The van der Waals surface area contributed by atoms with Crippen LogP contribution in [0.2, 0.25) is 5.02 Å². The van der Waals surface area contributed by atoms with Gasteiger partial charge in [0.2, 0.25) is 0 Å². The van der Waals surface area contributed by atoms with E-state index < -0.39 is 18.0 Å². The monoisotopic (exact) mass is 484 g/mol. The van der Waals surface area contributed by atoms with Crippen molar-refractivity contribution in [2.45, 2.75) is 13.0 Å². The highest BCUT2D eigenvalue weighted by molar-refractivity contribution is 6.30. The van der Waals surface area contributed by atoms with E-state index in [1.165, 1.54) is 0 Å². The second kappa shape index (κ2) is 10.9. The molecule has 0 bridgehead atoms. The number of hydrogen-bond acceptors (Lipinski definition) is 6. The van der Waals surface area contributed by atoms with E-state index in [9.17, 15) is 9.59 Å². The van der Waals surface area contributed by atoms with Crippen molar-refractivity contribution in [3.63, 3.8) is 0 Å². The number of urea groups is 1. The van der Waals surface area contributed by atoms with Crippen molar-refractivity contribution in [2.24, 2.45) is 10.9 Å². The fourth-order valence-electron chi connectivity index (χ4n) is 4.41. The van der Waals surface area contributed by atoms with Crippen molar-refractivity contribution in [3.05, 3.63) is 59.1 Å². The summed E-state index contributed by atoms with van der Waals surface area (Å²) in [7, 11) is 1.59. The minimum atomic E-state index is -0.694. The lowest BCUT2D eigenvalue weighted by molar-refractivity contribution is -0.146. The van der Waals surface area contributed by atoms with Gasteiger partial charge in [-0.2, -0.15) is 0 Å². The number of rotatable bonds is 7. The van der Waals surface area contributed by atoms with Gasteiger partial charge in [-0.3, -0.25) is 9.69 Å². The number of nitrogens with zero attached hydrogens (tertiary/aromatic N) is 3. The van der Waals surface area contributed by atoms with E-state index >= 15 is 0 Å². The van der Waals surface area contributed by atoms with Gasteiger partial charge < -0.3 is 19.7 Å². The molecule has 2 aliphatic heterocycles. The van der Waals surface area contributed by atoms with Crippen LogP contribution in [0, 0.1) is 5.92 Å². The first-order valence-corrected chi connectivity index (χ1v) is 11.8. The molecule has 0 spiro atoms. The molecule has 2 atom stereocenters. The third-order valence-corrected chi connectivity index (χ3v) is 6.43. The number of amides is 2. The lowest BCUT2D eigenvalue weighted by Crippen LogP contribution is -2.52. The molecule has 34 heavy (non-hydrogen) atoms.